The van der Waals surface area contributed by atoms with E-state index >= 15 is 0 Å². The summed E-state index contributed by atoms with van der Waals surface area (Å²) in [7, 11) is -5.30. The number of fused-ring (bicyclic) bond motifs is 2. The summed E-state index contributed by atoms with van der Waals surface area (Å²) in [6, 6.07) is 18.9. The summed E-state index contributed by atoms with van der Waals surface area (Å²) in [6.45, 7) is 9.07. The summed E-state index contributed by atoms with van der Waals surface area (Å²) in [5.41, 5.74) is 7.43. The number of aromatic amines is 2. The molecule has 3 aromatic carbocycles. The number of benzene rings is 3. The van der Waals surface area contributed by atoms with Gasteiger partial charge in [0.2, 0.25) is 0 Å². The van der Waals surface area contributed by atoms with E-state index in [1.165, 1.54) is 5.57 Å². The molecule has 0 saturated carbocycles. The molecule has 48 heavy (non-hydrogen) atoms. The van der Waals surface area contributed by atoms with E-state index in [-0.39, 0.29) is 11.9 Å². The van der Waals surface area contributed by atoms with Crippen molar-refractivity contribution in [1.29, 1.82) is 0 Å². The number of nitrogens with one attached hydrogen (secondary N) is 2. The second kappa shape index (κ2) is 14.2. The van der Waals surface area contributed by atoms with E-state index in [1.807, 2.05) is 32.3 Å². The zero-order valence-corrected chi connectivity index (χ0v) is 30.0. The van der Waals surface area contributed by atoms with Gasteiger partial charge in [0.05, 0.1) is 17.5 Å². The number of likely N-dealkylation sites (N-methyl/N-ethyl adjacent to an activating group) is 1. The predicted molar refractivity (Wildman–Crippen MR) is 192 cm³/mol. The molecule has 0 spiro atoms. The summed E-state index contributed by atoms with van der Waals surface area (Å²) in [4.78, 5) is 49.0. The van der Waals surface area contributed by atoms with E-state index in [0.717, 1.165) is 55.8 Å². The van der Waals surface area contributed by atoms with Crippen molar-refractivity contribution in [2.24, 2.45) is 5.92 Å². The minimum absolute atomic E-state index is 0.0867. The standard InChI is InChI=1S/C36H45N3O7P2/c1-22(2)13-18-27-32-26(21-47(40,41)42)9-7-10-29(32)37-35(27)33(25-16-14-24(15-17-25)23(3)4)36-28(19-20-39(5)6)34-30(38-36)11-8-12-31(34)46-48(43,44)45/h7-12,14-17,22,37-38H,13,18-21H2,1-6H3,(H2,40,41,42)(H2,43,44,45). The van der Waals surface area contributed by atoms with Crippen LogP contribution in [-0.2, 0) is 28.1 Å². The number of phosphoric ester groups is 1. The van der Waals surface area contributed by atoms with E-state index < -0.39 is 15.4 Å². The Morgan fingerprint density at radius 1 is 0.792 bits per heavy atom. The molecule has 0 fully saturated rings. The zero-order valence-electron chi connectivity index (χ0n) is 28.2. The minimum Gasteiger partial charge on any atom is -0.404 e. The third-order valence-electron chi connectivity index (χ3n) is 8.53. The van der Waals surface area contributed by atoms with Crippen molar-refractivity contribution in [3.63, 3.8) is 0 Å². The second-order valence-corrected chi connectivity index (χ2v) is 16.1. The van der Waals surface area contributed by atoms with E-state index in [0.29, 0.717) is 41.8 Å². The van der Waals surface area contributed by atoms with Crippen LogP contribution in [0.2, 0.25) is 0 Å². The Hall–Kier alpha value is -3.46. The van der Waals surface area contributed by atoms with Crippen LogP contribution in [0.25, 0.3) is 33.0 Å². The van der Waals surface area contributed by atoms with E-state index in [4.69, 9.17) is 4.52 Å². The van der Waals surface area contributed by atoms with Gasteiger partial charge in [0.1, 0.15) is 5.75 Å². The monoisotopic (exact) mass is 693 g/mol. The van der Waals surface area contributed by atoms with Crippen LogP contribution in [0.15, 0.2) is 60.7 Å². The van der Waals surface area contributed by atoms with Crippen LogP contribution in [0.1, 0.15) is 62.2 Å². The van der Waals surface area contributed by atoms with Gasteiger partial charge in [-0.05, 0) is 98.4 Å². The topological polar surface area (TPSA) is 159 Å². The SMILES string of the molecule is CC(C)=c1ccc(=C(c2[nH]c3cccc(CP(=O)(O)O)c3c2CCC(C)C)c2[nH]c3cccc(OP(=O)(O)O)c3c2CCN(C)C)cc1. The van der Waals surface area contributed by atoms with Crippen LogP contribution >= 0.6 is 15.4 Å². The van der Waals surface area contributed by atoms with Crippen LogP contribution in [0, 0.1) is 5.92 Å². The van der Waals surface area contributed by atoms with E-state index in [9.17, 15) is 28.7 Å². The molecule has 0 atom stereocenters. The van der Waals surface area contributed by atoms with Gasteiger partial charge in [0.25, 0.3) is 0 Å². The smallest absolute Gasteiger partial charge is 0.404 e. The molecule has 0 aliphatic heterocycles. The molecule has 2 heterocycles. The van der Waals surface area contributed by atoms with E-state index in [1.54, 1.807) is 18.2 Å². The highest BCUT2D eigenvalue weighted by molar-refractivity contribution is 7.50. The van der Waals surface area contributed by atoms with Gasteiger partial charge in [0, 0.05) is 33.9 Å². The lowest BCUT2D eigenvalue weighted by Crippen LogP contribution is -2.18. The highest BCUT2D eigenvalue weighted by Crippen LogP contribution is 2.45. The van der Waals surface area contributed by atoms with Gasteiger partial charge in [-0.2, -0.15) is 0 Å². The summed E-state index contributed by atoms with van der Waals surface area (Å²) in [6.07, 6.45) is 1.67. The van der Waals surface area contributed by atoms with Crippen LogP contribution < -0.4 is 15.0 Å². The number of nitrogens with zero attached hydrogens (tertiary/aromatic N) is 1. The van der Waals surface area contributed by atoms with Crippen LogP contribution in [0.5, 0.6) is 5.75 Å². The predicted octanol–water partition coefficient (Wildman–Crippen LogP) is 5.93. The molecule has 5 rings (SSSR count). The van der Waals surface area contributed by atoms with Gasteiger partial charge < -0.3 is 29.2 Å². The number of hydrogen-bond acceptors (Lipinski definition) is 4. The first-order valence-electron chi connectivity index (χ1n) is 16.0. The van der Waals surface area contributed by atoms with Gasteiger partial charge in [-0.15, -0.1) is 0 Å². The van der Waals surface area contributed by atoms with Gasteiger partial charge >= 0.3 is 15.4 Å². The zero-order chi connectivity index (χ0) is 35.0. The molecule has 10 nitrogen and oxygen atoms in total. The van der Waals surface area contributed by atoms with Crippen molar-refractivity contribution in [3.8, 4) is 5.75 Å². The Morgan fingerprint density at radius 2 is 1.35 bits per heavy atom. The van der Waals surface area contributed by atoms with Gasteiger partial charge in [-0.25, -0.2) is 4.57 Å². The third-order valence-corrected chi connectivity index (χ3v) is 9.72. The maximum absolute atomic E-state index is 12.3. The first kappa shape index (κ1) is 35.8. The van der Waals surface area contributed by atoms with Crippen molar-refractivity contribution >= 4 is 48.4 Å². The molecule has 2 aromatic heterocycles. The number of hydrogen-bond donors (Lipinski definition) is 6. The molecule has 0 unspecified atom stereocenters. The lowest BCUT2D eigenvalue weighted by Gasteiger charge is -2.16. The van der Waals surface area contributed by atoms with Crippen LogP contribution in [0.3, 0.4) is 0 Å². The Labute approximate surface area is 280 Å². The molecular weight excluding hydrogens is 648 g/mol. The third kappa shape index (κ3) is 8.21. The maximum atomic E-state index is 12.3. The summed E-state index contributed by atoms with van der Waals surface area (Å²) in [5, 5.41) is 3.40. The molecule has 0 saturated heterocycles. The molecule has 0 bridgehead atoms. The number of H-pyrrole nitrogens is 2. The lowest BCUT2D eigenvalue weighted by atomic mass is 9.92. The van der Waals surface area contributed by atoms with Crippen LogP contribution in [0.4, 0.5) is 0 Å². The normalized spacial score (nSPS) is 12.5. The van der Waals surface area contributed by atoms with Gasteiger partial charge in [0.15, 0.2) is 0 Å². The summed E-state index contributed by atoms with van der Waals surface area (Å²) < 4.78 is 29.6. The lowest BCUT2D eigenvalue weighted by molar-refractivity contribution is 0.284. The maximum Gasteiger partial charge on any atom is 0.524 e. The molecule has 12 heteroatoms. The molecule has 5 aromatic rings. The highest BCUT2D eigenvalue weighted by Gasteiger charge is 2.27. The summed E-state index contributed by atoms with van der Waals surface area (Å²) in [5.74, 6) is 0.460. The van der Waals surface area contributed by atoms with Crippen molar-refractivity contribution < 1.29 is 33.2 Å². The number of aromatic nitrogens is 2. The first-order valence-corrected chi connectivity index (χ1v) is 19.3. The fourth-order valence-corrected chi connectivity index (χ4v) is 7.43. The Balaban J connectivity index is 1.95. The first-order chi connectivity index (χ1) is 22.5. The molecule has 0 aliphatic carbocycles. The molecule has 0 amide bonds. The Morgan fingerprint density at radius 3 is 1.90 bits per heavy atom. The Kier molecular flexibility index (Phi) is 10.6. The molecule has 0 aliphatic rings. The minimum atomic E-state index is -4.87. The van der Waals surface area contributed by atoms with Crippen molar-refractivity contribution in [2.75, 3.05) is 20.6 Å². The number of rotatable bonds is 12. The quantitative estimate of drug-likeness (QED) is 0.0878. The largest absolute Gasteiger partial charge is 0.524 e. The molecule has 0 radical (unpaired) electrons. The number of phosphoric acid groups is 1. The average Bonchev–Trinajstić information content (AvgIpc) is 3.53. The van der Waals surface area contributed by atoms with Gasteiger partial charge in [-0.1, -0.05) is 61.9 Å². The molecular formula is C36H45N3O7P2. The van der Waals surface area contributed by atoms with Crippen molar-refractivity contribution in [2.45, 2.75) is 53.1 Å². The Bertz CT molecular complexity index is 2040. The summed E-state index contributed by atoms with van der Waals surface area (Å²) >= 11 is 0. The van der Waals surface area contributed by atoms with Crippen molar-refractivity contribution in [1.82, 2.24) is 14.9 Å². The second-order valence-electron chi connectivity index (χ2n) is 13.3. The van der Waals surface area contributed by atoms with Gasteiger partial charge in [-0.3, -0.25) is 14.4 Å². The highest BCUT2D eigenvalue weighted by atomic mass is 31.2. The van der Waals surface area contributed by atoms with Crippen molar-refractivity contribution in [3.05, 3.63) is 99.2 Å². The molecule has 256 valence electrons. The fraction of sp³-hybridized carbons (Fsp3) is 0.333. The fourth-order valence-electron chi connectivity index (χ4n) is 6.31. The number of aryl methyl sites for hydroxylation is 1. The molecule has 6 N–H and O–H groups in total. The average molecular weight is 694 g/mol. The van der Waals surface area contributed by atoms with Crippen LogP contribution in [-0.4, -0.2) is 55.1 Å². The van der Waals surface area contributed by atoms with E-state index in [2.05, 4.69) is 66.8 Å².